The molecule has 2 aromatic heterocycles. The topological polar surface area (TPSA) is 106 Å². The van der Waals surface area contributed by atoms with Gasteiger partial charge in [0.15, 0.2) is 11.5 Å². The molecule has 2 heterocycles. The molecule has 0 amide bonds. The maximum absolute atomic E-state index is 10.8. The van der Waals surface area contributed by atoms with Gasteiger partial charge in [-0.05, 0) is 95.1 Å². The SMILES string of the molecule is [C-]#[N+]c1cccc(-c2ccc3c(c2)c2cc(-c4cccc(C#N)c4)ccc2n3-c2c(-c3ccccc3C#N)cc(-c3nc(-c4ccccc4)cc(-c4ccccc4)n3)cc2-c2ccccc2C#N)c1. The fourth-order valence-corrected chi connectivity index (χ4v) is 9.28. The highest BCUT2D eigenvalue weighted by atomic mass is 15.0. The molecule has 7 heteroatoms. The van der Waals surface area contributed by atoms with Crippen LogP contribution in [0.4, 0.5) is 5.69 Å². The molecule has 0 spiro atoms. The summed E-state index contributed by atoms with van der Waals surface area (Å²) < 4.78 is 2.24. The number of hydrogen-bond acceptors (Lipinski definition) is 5. The van der Waals surface area contributed by atoms with Crippen LogP contribution in [0.15, 0.2) is 212 Å². The Kier molecular flexibility index (Phi) is 10.6. The summed E-state index contributed by atoms with van der Waals surface area (Å²) in [6.45, 7) is 7.74. The number of nitrogens with zero attached hydrogens (tertiary/aromatic N) is 7. The van der Waals surface area contributed by atoms with Crippen molar-refractivity contribution >= 4 is 27.5 Å². The van der Waals surface area contributed by atoms with Crippen LogP contribution in [0.25, 0.3) is 111 Å². The third-order valence-corrected chi connectivity index (χ3v) is 12.5. The Morgan fingerprint density at radius 1 is 0.391 bits per heavy atom. The minimum atomic E-state index is 0.474. The maximum atomic E-state index is 10.8. The van der Waals surface area contributed by atoms with E-state index in [-0.39, 0.29) is 0 Å². The van der Waals surface area contributed by atoms with E-state index in [1.54, 1.807) is 12.1 Å². The fourth-order valence-electron chi connectivity index (χ4n) is 9.28. The second-order valence-electron chi connectivity index (χ2n) is 16.6. The first kappa shape index (κ1) is 41.5. The second-order valence-corrected chi connectivity index (χ2v) is 16.6. The summed E-state index contributed by atoms with van der Waals surface area (Å²) in [7, 11) is 0. The molecular formula is C62H35N7. The molecule has 318 valence electrons. The zero-order valence-electron chi connectivity index (χ0n) is 36.8. The quantitative estimate of drug-likeness (QED) is 0.141. The minimum Gasteiger partial charge on any atom is -0.308 e. The van der Waals surface area contributed by atoms with Gasteiger partial charge in [-0.15, -0.1) is 0 Å². The van der Waals surface area contributed by atoms with Crippen molar-refractivity contribution in [1.29, 1.82) is 15.8 Å². The Labute approximate surface area is 398 Å². The number of benzene rings is 9. The Hall–Kier alpha value is -10.2. The maximum Gasteiger partial charge on any atom is 0.187 e. The predicted octanol–water partition coefficient (Wildman–Crippen LogP) is 15.4. The highest BCUT2D eigenvalue weighted by Crippen LogP contribution is 2.46. The Balaban J connectivity index is 1.28. The van der Waals surface area contributed by atoms with Crippen molar-refractivity contribution in [3.63, 3.8) is 0 Å². The molecule has 69 heavy (non-hydrogen) atoms. The van der Waals surface area contributed by atoms with Gasteiger partial charge in [0, 0.05) is 49.7 Å². The molecule has 0 aliphatic heterocycles. The monoisotopic (exact) mass is 877 g/mol. The summed E-state index contributed by atoms with van der Waals surface area (Å²) in [6, 6.07) is 76.6. The van der Waals surface area contributed by atoms with Gasteiger partial charge in [-0.1, -0.05) is 140 Å². The van der Waals surface area contributed by atoms with E-state index in [1.807, 2.05) is 152 Å². The number of hydrogen-bond donors (Lipinski definition) is 0. The van der Waals surface area contributed by atoms with Crippen LogP contribution in [0.1, 0.15) is 16.7 Å². The zero-order valence-corrected chi connectivity index (χ0v) is 36.8. The summed E-state index contributed by atoms with van der Waals surface area (Å²) in [4.78, 5) is 14.2. The van der Waals surface area contributed by atoms with E-state index in [4.69, 9.17) is 16.5 Å². The number of rotatable bonds is 8. The summed E-state index contributed by atoms with van der Waals surface area (Å²) in [5.74, 6) is 0.478. The van der Waals surface area contributed by atoms with Gasteiger partial charge in [0.05, 0.1) is 69.6 Å². The molecule has 0 aliphatic rings. The van der Waals surface area contributed by atoms with Crippen molar-refractivity contribution in [1.82, 2.24) is 14.5 Å². The summed E-state index contributed by atoms with van der Waals surface area (Å²) in [5.41, 5.74) is 15.2. The van der Waals surface area contributed by atoms with Crippen LogP contribution in [0.3, 0.4) is 0 Å². The van der Waals surface area contributed by atoms with Crippen molar-refractivity contribution < 1.29 is 0 Å². The molecule has 0 fully saturated rings. The van der Waals surface area contributed by atoms with E-state index < -0.39 is 0 Å². The molecule has 0 saturated carbocycles. The molecule has 0 saturated heterocycles. The smallest absolute Gasteiger partial charge is 0.187 e. The predicted molar refractivity (Wildman–Crippen MR) is 275 cm³/mol. The first-order valence-corrected chi connectivity index (χ1v) is 22.3. The van der Waals surface area contributed by atoms with E-state index >= 15 is 0 Å². The van der Waals surface area contributed by atoms with Crippen molar-refractivity contribution in [2.24, 2.45) is 0 Å². The lowest BCUT2D eigenvalue weighted by molar-refractivity contribution is 1.16. The van der Waals surface area contributed by atoms with E-state index in [9.17, 15) is 15.8 Å². The van der Waals surface area contributed by atoms with E-state index in [2.05, 4.69) is 76.2 Å². The van der Waals surface area contributed by atoms with Crippen LogP contribution in [0.2, 0.25) is 0 Å². The minimum absolute atomic E-state index is 0.474. The van der Waals surface area contributed by atoms with Crippen LogP contribution in [0.5, 0.6) is 0 Å². The molecule has 9 aromatic carbocycles. The first-order chi connectivity index (χ1) is 34.0. The average molecular weight is 878 g/mol. The molecule has 11 rings (SSSR count). The molecular weight excluding hydrogens is 843 g/mol. The number of aromatic nitrogens is 3. The van der Waals surface area contributed by atoms with Crippen molar-refractivity contribution in [2.45, 2.75) is 0 Å². The standard InChI is InChI=1S/C62H35N7/c1-66-50-23-13-22-44(31-50)46-27-29-60-54(33-46)53-32-45(43-21-12-14-40(30-43)37-63)26-28-59(53)69(60)61-55(51-24-10-8-19-47(51)38-64)34-49(35-56(61)52-25-11-9-20-48(52)39-65)62-67-57(41-15-4-2-5-16-41)36-58(68-62)42-17-6-3-7-18-42/h2-36H. The molecule has 0 aliphatic carbocycles. The Bertz CT molecular complexity index is 3760. The van der Waals surface area contributed by atoms with Crippen molar-refractivity contribution in [3.05, 3.63) is 240 Å². The van der Waals surface area contributed by atoms with Crippen molar-refractivity contribution in [2.75, 3.05) is 0 Å². The van der Waals surface area contributed by atoms with Crippen LogP contribution < -0.4 is 0 Å². The number of nitriles is 3. The second kappa shape index (κ2) is 17.7. The van der Waals surface area contributed by atoms with E-state index in [0.29, 0.717) is 44.9 Å². The highest BCUT2D eigenvalue weighted by molar-refractivity contribution is 6.13. The zero-order chi connectivity index (χ0) is 46.8. The van der Waals surface area contributed by atoms with Gasteiger partial charge in [-0.25, -0.2) is 14.8 Å². The van der Waals surface area contributed by atoms with E-state index in [0.717, 1.165) is 83.4 Å². The van der Waals surface area contributed by atoms with Crippen LogP contribution in [-0.4, -0.2) is 14.5 Å². The largest absolute Gasteiger partial charge is 0.308 e. The number of fused-ring (bicyclic) bond motifs is 3. The lowest BCUT2D eigenvalue weighted by Gasteiger charge is -2.22. The van der Waals surface area contributed by atoms with Gasteiger partial charge in [0.25, 0.3) is 0 Å². The normalized spacial score (nSPS) is 10.8. The molecule has 0 bridgehead atoms. The Morgan fingerprint density at radius 3 is 1.39 bits per heavy atom. The van der Waals surface area contributed by atoms with Gasteiger partial charge in [-0.2, -0.15) is 15.8 Å². The third kappa shape index (κ3) is 7.61. The lowest BCUT2D eigenvalue weighted by atomic mass is 9.89. The van der Waals surface area contributed by atoms with Gasteiger partial charge >= 0.3 is 0 Å². The van der Waals surface area contributed by atoms with Crippen LogP contribution in [0, 0.1) is 40.6 Å². The molecule has 0 N–H and O–H groups in total. The molecule has 7 nitrogen and oxygen atoms in total. The molecule has 0 unspecified atom stereocenters. The Morgan fingerprint density at radius 2 is 0.870 bits per heavy atom. The lowest BCUT2D eigenvalue weighted by Crippen LogP contribution is -2.04. The molecule has 0 radical (unpaired) electrons. The summed E-state index contributed by atoms with van der Waals surface area (Å²) in [5, 5.41) is 33.4. The fraction of sp³-hybridized carbons (Fsp3) is 0. The molecule has 0 atom stereocenters. The van der Waals surface area contributed by atoms with Crippen LogP contribution >= 0.6 is 0 Å². The highest BCUT2D eigenvalue weighted by Gasteiger charge is 2.25. The molecule has 11 aromatic rings. The van der Waals surface area contributed by atoms with Gasteiger partial charge in [-0.3, -0.25) is 0 Å². The van der Waals surface area contributed by atoms with Gasteiger partial charge < -0.3 is 4.57 Å². The third-order valence-electron chi connectivity index (χ3n) is 12.5. The van der Waals surface area contributed by atoms with Gasteiger partial charge in [0.2, 0.25) is 0 Å². The van der Waals surface area contributed by atoms with Crippen LogP contribution in [-0.2, 0) is 0 Å². The van der Waals surface area contributed by atoms with Gasteiger partial charge in [0.1, 0.15) is 0 Å². The van der Waals surface area contributed by atoms with E-state index in [1.165, 1.54) is 0 Å². The average Bonchev–Trinajstić information content (AvgIpc) is 3.75. The van der Waals surface area contributed by atoms with Crippen molar-refractivity contribution in [3.8, 4) is 102 Å². The summed E-state index contributed by atoms with van der Waals surface area (Å²) in [6.07, 6.45) is 0. The summed E-state index contributed by atoms with van der Waals surface area (Å²) >= 11 is 0. The first-order valence-electron chi connectivity index (χ1n) is 22.3.